The minimum absolute atomic E-state index is 0.156. The molecule has 0 aliphatic carbocycles. The van der Waals surface area contributed by atoms with Crippen LogP contribution in [0, 0.1) is 6.92 Å². The van der Waals surface area contributed by atoms with Crippen LogP contribution in [-0.4, -0.2) is 50.6 Å². The summed E-state index contributed by atoms with van der Waals surface area (Å²) in [5, 5.41) is 0.259. The zero-order valence-corrected chi connectivity index (χ0v) is 16.5. The molecule has 0 spiro atoms. The molecule has 0 N–H and O–H groups in total. The van der Waals surface area contributed by atoms with Gasteiger partial charge in [0, 0.05) is 31.9 Å². The number of carbonyl (C=O) groups excluding carboxylic acids is 1. The van der Waals surface area contributed by atoms with Crippen molar-refractivity contribution in [2.24, 2.45) is 0 Å². The number of ether oxygens (including phenoxy) is 1. The Bertz CT molecular complexity index is 925. The molecule has 2 aromatic rings. The van der Waals surface area contributed by atoms with Crippen molar-refractivity contribution >= 4 is 33.3 Å². The molecule has 1 heterocycles. The second-order valence-electron chi connectivity index (χ2n) is 6.39. The van der Waals surface area contributed by atoms with Crippen LogP contribution in [0.25, 0.3) is 0 Å². The van der Waals surface area contributed by atoms with E-state index in [1.54, 1.807) is 18.2 Å². The van der Waals surface area contributed by atoms with Crippen LogP contribution >= 0.6 is 11.6 Å². The molecule has 27 heavy (non-hydrogen) atoms. The number of esters is 1. The highest BCUT2D eigenvalue weighted by molar-refractivity contribution is 7.89. The van der Waals surface area contributed by atoms with Crippen molar-refractivity contribution in [3.8, 4) is 5.75 Å². The summed E-state index contributed by atoms with van der Waals surface area (Å²) in [7, 11) is -3.74. The molecular formula is C19H21ClN2O4S. The molecule has 0 unspecified atom stereocenters. The maximum Gasteiger partial charge on any atom is 0.328 e. The van der Waals surface area contributed by atoms with Gasteiger partial charge in [-0.05, 0) is 36.8 Å². The van der Waals surface area contributed by atoms with Crippen LogP contribution in [0.15, 0.2) is 48.5 Å². The van der Waals surface area contributed by atoms with E-state index in [0.717, 1.165) is 11.3 Å². The van der Waals surface area contributed by atoms with Crippen molar-refractivity contribution in [3.63, 3.8) is 0 Å². The molecule has 8 heteroatoms. The maximum absolute atomic E-state index is 12.5. The maximum atomic E-state index is 12.5. The Hall–Kier alpha value is -2.09. The number of piperazine rings is 1. The fourth-order valence-corrected chi connectivity index (χ4v) is 4.40. The quantitative estimate of drug-likeness (QED) is 0.562. The molecule has 1 aliphatic heterocycles. The number of hydrogen-bond donors (Lipinski definition) is 0. The highest BCUT2D eigenvalue weighted by Gasteiger charge is 2.30. The third kappa shape index (κ3) is 5.00. The molecule has 6 nitrogen and oxygen atoms in total. The van der Waals surface area contributed by atoms with E-state index < -0.39 is 21.7 Å². The monoisotopic (exact) mass is 408 g/mol. The lowest BCUT2D eigenvalue weighted by molar-refractivity contribution is -0.131. The average molecular weight is 409 g/mol. The molecule has 2 aromatic carbocycles. The van der Waals surface area contributed by atoms with Crippen LogP contribution in [0.1, 0.15) is 5.56 Å². The zero-order valence-electron chi connectivity index (χ0n) is 15.0. The number of carbonyl (C=O) groups is 1. The number of sulfonamides is 1. The number of hydrogen-bond acceptors (Lipinski definition) is 5. The lowest BCUT2D eigenvalue weighted by Gasteiger charge is -2.35. The van der Waals surface area contributed by atoms with E-state index in [2.05, 4.69) is 11.0 Å². The average Bonchev–Trinajstić information content (AvgIpc) is 2.63. The summed E-state index contributed by atoms with van der Waals surface area (Å²) >= 11 is 5.93. The fourth-order valence-electron chi connectivity index (χ4n) is 2.97. The fraction of sp³-hybridized carbons (Fsp3) is 0.316. The van der Waals surface area contributed by atoms with Gasteiger partial charge in [-0.1, -0.05) is 35.9 Å². The minimum Gasteiger partial charge on any atom is -0.424 e. The Kier molecular flexibility index (Phi) is 6.04. The summed E-state index contributed by atoms with van der Waals surface area (Å²) in [6.07, 6.45) is 0. The molecule has 0 saturated carbocycles. The number of anilines is 1. The molecule has 0 aromatic heterocycles. The lowest BCUT2D eigenvalue weighted by Crippen LogP contribution is -2.50. The van der Waals surface area contributed by atoms with Gasteiger partial charge in [0.1, 0.15) is 5.75 Å². The number of halogens is 1. The molecule has 3 rings (SSSR count). The van der Waals surface area contributed by atoms with Crippen molar-refractivity contribution < 1.29 is 17.9 Å². The minimum atomic E-state index is -3.74. The second-order valence-corrected chi connectivity index (χ2v) is 8.76. The van der Waals surface area contributed by atoms with Crippen LogP contribution in [0.2, 0.25) is 5.02 Å². The first-order chi connectivity index (χ1) is 12.8. The van der Waals surface area contributed by atoms with E-state index in [1.165, 1.54) is 10.4 Å². The Balaban J connectivity index is 1.58. The highest BCUT2D eigenvalue weighted by atomic mass is 35.5. The Morgan fingerprint density at radius 1 is 1.07 bits per heavy atom. The van der Waals surface area contributed by atoms with Gasteiger partial charge in [-0.3, -0.25) is 4.79 Å². The van der Waals surface area contributed by atoms with Gasteiger partial charge < -0.3 is 9.64 Å². The smallest absolute Gasteiger partial charge is 0.328 e. The molecule has 0 amide bonds. The Labute approximate surface area is 164 Å². The summed E-state index contributed by atoms with van der Waals surface area (Å²) in [6.45, 7) is 3.82. The van der Waals surface area contributed by atoms with E-state index in [0.29, 0.717) is 26.2 Å². The SMILES string of the molecule is Cc1cccc(N2CCN(S(=O)(=O)CC(=O)Oc3ccccc3Cl)CC2)c1. The van der Waals surface area contributed by atoms with E-state index in [4.69, 9.17) is 16.3 Å². The number of nitrogens with zero attached hydrogens (tertiary/aromatic N) is 2. The van der Waals surface area contributed by atoms with Gasteiger partial charge >= 0.3 is 5.97 Å². The third-order valence-corrected chi connectivity index (χ3v) is 6.42. The van der Waals surface area contributed by atoms with E-state index in [-0.39, 0.29) is 10.8 Å². The number of para-hydroxylation sites is 1. The predicted octanol–water partition coefficient (Wildman–Crippen LogP) is 2.71. The summed E-state index contributed by atoms with van der Waals surface area (Å²) in [5.74, 6) is -1.39. The van der Waals surface area contributed by atoms with Crippen LogP contribution in [0.4, 0.5) is 5.69 Å². The number of aryl methyl sites for hydroxylation is 1. The van der Waals surface area contributed by atoms with Gasteiger partial charge in [0.25, 0.3) is 0 Å². The summed E-state index contributed by atoms with van der Waals surface area (Å²) in [4.78, 5) is 14.2. The largest absolute Gasteiger partial charge is 0.424 e. The molecule has 0 radical (unpaired) electrons. The summed E-state index contributed by atoms with van der Waals surface area (Å²) < 4.78 is 31.5. The van der Waals surface area contributed by atoms with Crippen LogP contribution in [-0.2, 0) is 14.8 Å². The Morgan fingerprint density at radius 3 is 2.44 bits per heavy atom. The molecule has 144 valence electrons. The molecule has 0 bridgehead atoms. The van der Waals surface area contributed by atoms with Crippen LogP contribution in [0.5, 0.6) is 5.75 Å². The van der Waals surface area contributed by atoms with Crippen molar-refractivity contribution in [1.29, 1.82) is 0 Å². The van der Waals surface area contributed by atoms with E-state index in [9.17, 15) is 13.2 Å². The molecule has 0 atom stereocenters. The van der Waals surface area contributed by atoms with Gasteiger partial charge in [-0.15, -0.1) is 0 Å². The molecule has 1 aliphatic rings. The van der Waals surface area contributed by atoms with Crippen molar-refractivity contribution in [2.75, 3.05) is 36.8 Å². The topological polar surface area (TPSA) is 66.9 Å². The van der Waals surface area contributed by atoms with Crippen molar-refractivity contribution in [3.05, 3.63) is 59.1 Å². The summed E-state index contributed by atoms with van der Waals surface area (Å²) in [6, 6.07) is 14.5. The first kappa shape index (κ1) is 19.7. The van der Waals surface area contributed by atoms with Gasteiger partial charge in [0.05, 0.1) is 5.02 Å². The van der Waals surface area contributed by atoms with E-state index in [1.807, 2.05) is 25.1 Å². The second kappa shape index (κ2) is 8.29. The van der Waals surface area contributed by atoms with Gasteiger partial charge in [-0.25, -0.2) is 8.42 Å². The first-order valence-corrected chi connectivity index (χ1v) is 10.6. The first-order valence-electron chi connectivity index (χ1n) is 8.60. The normalized spacial score (nSPS) is 15.6. The van der Waals surface area contributed by atoms with Gasteiger partial charge in [0.15, 0.2) is 5.75 Å². The molecule has 1 saturated heterocycles. The standard InChI is InChI=1S/C19H21ClN2O4S/c1-15-5-4-6-16(13-15)21-9-11-22(12-10-21)27(24,25)14-19(23)26-18-8-3-2-7-17(18)20/h2-8,13H,9-12,14H2,1H3. The highest BCUT2D eigenvalue weighted by Crippen LogP contribution is 2.24. The predicted molar refractivity (Wildman–Crippen MR) is 106 cm³/mol. The van der Waals surface area contributed by atoms with Crippen LogP contribution in [0.3, 0.4) is 0 Å². The summed E-state index contributed by atoms with van der Waals surface area (Å²) in [5.41, 5.74) is 2.23. The van der Waals surface area contributed by atoms with Crippen molar-refractivity contribution in [2.45, 2.75) is 6.92 Å². The van der Waals surface area contributed by atoms with Crippen LogP contribution < -0.4 is 9.64 Å². The third-order valence-electron chi connectivity index (χ3n) is 4.36. The molecule has 1 fully saturated rings. The lowest BCUT2D eigenvalue weighted by atomic mass is 10.2. The van der Waals surface area contributed by atoms with Crippen molar-refractivity contribution in [1.82, 2.24) is 4.31 Å². The van der Waals surface area contributed by atoms with E-state index >= 15 is 0 Å². The molecular weight excluding hydrogens is 388 g/mol. The number of benzene rings is 2. The number of rotatable bonds is 5. The Morgan fingerprint density at radius 2 is 1.78 bits per heavy atom. The van der Waals surface area contributed by atoms with Gasteiger partial charge in [-0.2, -0.15) is 4.31 Å². The van der Waals surface area contributed by atoms with Gasteiger partial charge in [0.2, 0.25) is 10.0 Å². The zero-order chi connectivity index (χ0) is 19.4.